The maximum absolute atomic E-state index is 12.4. The van der Waals surface area contributed by atoms with E-state index >= 15 is 0 Å². The van der Waals surface area contributed by atoms with Gasteiger partial charge in [-0.05, 0) is 38.0 Å². The summed E-state index contributed by atoms with van der Waals surface area (Å²) in [7, 11) is -3.68. The number of carbonyl (C=O) groups is 1. The van der Waals surface area contributed by atoms with E-state index < -0.39 is 16.1 Å². The normalized spacial score (nSPS) is 14.4. The lowest BCUT2D eigenvalue weighted by molar-refractivity contribution is -0.122. The first-order valence-corrected chi connectivity index (χ1v) is 9.80. The first-order valence-electron chi connectivity index (χ1n) is 7.20. The van der Waals surface area contributed by atoms with Gasteiger partial charge < -0.3 is 5.32 Å². The molecule has 1 aromatic carbocycles. The lowest BCUT2D eigenvalue weighted by atomic mass is 10.1. The van der Waals surface area contributed by atoms with E-state index in [-0.39, 0.29) is 22.9 Å². The quantitative estimate of drug-likeness (QED) is 0.822. The Balaban J connectivity index is 3.17. The second kappa shape index (κ2) is 7.73. The maximum atomic E-state index is 12.4. The summed E-state index contributed by atoms with van der Waals surface area (Å²) in [4.78, 5) is 12.4. The van der Waals surface area contributed by atoms with Crippen molar-refractivity contribution < 1.29 is 13.2 Å². The number of amides is 1. The molecule has 130 valence electrons. The summed E-state index contributed by atoms with van der Waals surface area (Å²) in [5.41, 5.74) is 0.293. The summed E-state index contributed by atoms with van der Waals surface area (Å²) in [6.07, 6.45) is 1.05. The van der Waals surface area contributed by atoms with Crippen LogP contribution in [0.4, 0.5) is 5.69 Å². The van der Waals surface area contributed by atoms with Gasteiger partial charge in [0.05, 0.1) is 22.0 Å². The van der Waals surface area contributed by atoms with E-state index in [0.717, 1.165) is 10.6 Å². The van der Waals surface area contributed by atoms with E-state index in [1.165, 1.54) is 25.1 Å². The zero-order valence-electron chi connectivity index (χ0n) is 13.8. The molecule has 2 atom stereocenters. The highest BCUT2D eigenvalue weighted by atomic mass is 35.5. The summed E-state index contributed by atoms with van der Waals surface area (Å²) in [5.74, 6) is -0.134. The van der Waals surface area contributed by atoms with Crippen molar-refractivity contribution in [1.29, 1.82) is 0 Å². The molecule has 2 unspecified atom stereocenters. The number of carbonyl (C=O) groups excluding carboxylic acids is 1. The van der Waals surface area contributed by atoms with Gasteiger partial charge in [-0.1, -0.05) is 37.0 Å². The van der Waals surface area contributed by atoms with E-state index in [4.69, 9.17) is 23.2 Å². The summed E-state index contributed by atoms with van der Waals surface area (Å²) >= 11 is 11.8. The molecule has 23 heavy (non-hydrogen) atoms. The molecule has 0 spiro atoms. The molecule has 0 saturated heterocycles. The average molecular weight is 381 g/mol. The van der Waals surface area contributed by atoms with Gasteiger partial charge in [0.1, 0.15) is 6.04 Å². The molecule has 1 amide bonds. The van der Waals surface area contributed by atoms with Crippen LogP contribution in [0.15, 0.2) is 18.2 Å². The number of nitrogens with one attached hydrogen (secondary N) is 1. The number of benzene rings is 1. The van der Waals surface area contributed by atoms with Gasteiger partial charge in [0, 0.05) is 6.04 Å². The van der Waals surface area contributed by atoms with Crippen molar-refractivity contribution in [3.05, 3.63) is 28.2 Å². The number of nitrogens with zero attached hydrogens (tertiary/aromatic N) is 1. The van der Waals surface area contributed by atoms with E-state index in [9.17, 15) is 13.2 Å². The van der Waals surface area contributed by atoms with Crippen LogP contribution in [-0.4, -0.2) is 32.7 Å². The van der Waals surface area contributed by atoms with E-state index in [1.807, 2.05) is 20.8 Å². The molecule has 1 N–H and O–H groups in total. The molecule has 0 aliphatic carbocycles. The number of hydrogen-bond acceptors (Lipinski definition) is 3. The number of hydrogen-bond donors (Lipinski definition) is 1. The molecular weight excluding hydrogens is 359 g/mol. The topological polar surface area (TPSA) is 66.5 Å². The molecule has 1 aromatic rings. The zero-order valence-corrected chi connectivity index (χ0v) is 16.1. The van der Waals surface area contributed by atoms with Crippen molar-refractivity contribution in [2.45, 2.75) is 39.8 Å². The van der Waals surface area contributed by atoms with Crippen molar-refractivity contribution in [3.63, 3.8) is 0 Å². The smallest absolute Gasteiger partial charge is 0.243 e. The highest BCUT2D eigenvalue weighted by Gasteiger charge is 2.30. The van der Waals surface area contributed by atoms with E-state index in [2.05, 4.69) is 5.32 Å². The molecule has 0 fully saturated rings. The summed E-state index contributed by atoms with van der Waals surface area (Å²) in [6, 6.07) is 3.47. The molecule has 0 radical (unpaired) electrons. The molecule has 0 aliphatic rings. The van der Waals surface area contributed by atoms with Gasteiger partial charge in [-0.25, -0.2) is 8.42 Å². The van der Waals surface area contributed by atoms with Crippen LogP contribution in [0.5, 0.6) is 0 Å². The minimum Gasteiger partial charge on any atom is -0.352 e. The van der Waals surface area contributed by atoms with E-state index in [0.29, 0.717) is 10.7 Å². The third-order valence-electron chi connectivity index (χ3n) is 3.62. The minimum absolute atomic E-state index is 0.0693. The Morgan fingerprint density at radius 1 is 1.13 bits per heavy atom. The van der Waals surface area contributed by atoms with Crippen molar-refractivity contribution >= 4 is 44.8 Å². The summed E-state index contributed by atoms with van der Waals surface area (Å²) in [6.45, 7) is 7.36. The molecule has 8 heteroatoms. The van der Waals surface area contributed by atoms with Gasteiger partial charge in [0.2, 0.25) is 15.9 Å². The van der Waals surface area contributed by atoms with E-state index in [1.54, 1.807) is 0 Å². The Bertz CT molecular complexity index is 677. The molecule has 0 saturated carbocycles. The summed E-state index contributed by atoms with van der Waals surface area (Å²) in [5, 5.41) is 3.36. The van der Waals surface area contributed by atoms with Crippen LogP contribution < -0.4 is 9.62 Å². The number of sulfonamides is 1. The fourth-order valence-corrected chi connectivity index (χ4v) is 3.40. The lowest BCUT2D eigenvalue weighted by Gasteiger charge is -2.30. The molecular formula is C15H22Cl2N2O3S. The van der Waals surface area contributed by atoms with Gasteiger partial charge in [0.25, 0.3) is 0 Å². The second-order valence-electron chi connectivity index (χ2n) is 5.87. The number of anilines is 1. The molecule has 5 nitrogen and oxygen atoms in total. The Kier molecular flexibility index (Phi) is 6.74. The van der Waals surface area contributed by atoms with Crippen LogP contribution in [0.3, 0.4) is 0 Å². The number of rotatable bonds is 6. The predicted octanol–water partition coefficient (Wildman–Crippen LogP) is 3.31. The first kappa shape index (κ1) is 20.1. The van der Waals surface area contributed by atoms with Crippen LogP contribution >= 0.6 is 23.2 Å². The molecule has 0 aromatic heterocycles. The fraction of sp³-hybridized carbons (Fsp3) is 0.533. The van der Waals surface area contributed by atoms with Gasteiger partial charge in [-0.3, -0.25) is 9.10 Å². The third-order valence-corrected chi connectivity index (χ3v) is 5.60. The van der Waals surface area contributed by atoms with Crippen LogP contribution in [-0.2, 0) is 14.8 Å². The standard InChI is InChI=1S/C15H22Cl2N2O3S/c1-9(2)10(3)18-15(20)11(4)19(23(5,21)22)12-6-7-13(16)14(17)8-12/h6-11H,1-5H3,(H,18,20). The van der Waals surface area contributed by atoms with Crippen LogP contribution in [0.2, 0.25) is 10.0 Å². The monoisotopic (exact) mass is 380 g/mol. The molecule has 1 rings (SSSR count). The molecule has 0 heterocycles. The predicted molar refractivity (Wildman–Crippen MR) is 95.7 cm³/mol. The summed E-state index contributed by atoms with van der Waals surface area (Å²) < 4.78 is 25.4. The van der Waals surface area contributed by atoms with Crippen LogP contribution in [0.25, 0.3) is 0 Å². The Hall–Kier alpha value is -0.980. The van der Waals surface area contributed by atoms with Crippen molar-refractivity contribution in [3.8, 4) is 0 Å². The zero-order chi connectivity index (χ0) is 17.9. The highest BCUT2D eigenvalue weighted by Crippen LogP contribution is 2.29. The van der Waals surface area contributed by atoms with Crippen molar-refractivity contribution in [2.24, 2.45) is 5.92 Å². The largest absolute Gasteiger partial charge is 0.352 e. The molecule has 0 bridgehead atoms. The average Bonchev–Trinajstić information content (AvgIpc) is 2.41. The lowest BCUT2D eigenvalue weighted by Crippen LogP contribution is -2.50. The first-order chi connectivity index (χ1) is 10.4. The Morgan fingerprint density at radius 3 is 2.13 bits per heavy atom. The Morgan fingerprint density at radius 2 is 1.70 bits per heavy atom. The molecule has 0 aliphatic heterocycles. The van der Waals surface area contributed by atoms with Gasteiger partial charge in [-0.2, -0.15) is 0 Å². The minimum atomic E-state index is -3.68. The fourth-order valence-electron chi connectivity index (χ4n) is 1.94. The van der Waals surface area contributed by atoms with Crippen LogP contribution in [0.1, 0.15) is 27.7 Å². The number of halogens is 2. The van der Waals surface area contributed by atoms with Crippen LogP contribution in [0, 0.1) is 5.92 Å². The third kappa shape index (κ3) is 5.26. The van der Waals surface area contributed by atoms with Crippen molar-refractivity contribution in [2.75, 3.05) is 10.6 Å². The van der Waals surface area contributed by atoms with Gasteiger partial charge in [-0.15, -0.1) is 0 Å². The van der Waals surface area contributed by atoms with Crippen molar-refractivity contribution in [1.82, 2.24) is 5.32 Å². The SMILES string of the molecule is CC(C)C(C)NC(=O)C(C)N(c1ccc(Cl)c(Cl)c1)S(C)(=O)=O. The highest BCUT2D eigenvalue weighted by molar-refractivity contribution is 7.92. The van der Waals surface area contributed by atoms with Gasteiger partial charge in [0.15, 0.2) is 0 Å². The van der Waals surface area contributed by atoms with Gasteiger partial charge >= 0.3 is 0 Å². The Labute approximate surface area is 148 Å². The maximum Gasteiger partial charge on any atom is 0.243 e. The second-order valence-corrected chi connectivity index (χ2v) is 8.55.